The maximum absolute atomic E-state index is 12.8. The first kappa shape index (κ1) is 54.2. The Balaban J connectivity index is 2.29. The van der Waals surface area contributed by atoms with Crippen LogP contribution in [-0.2, 0) is 28.5 Å². The van der Waals surface area contributed by atoms with Gasteiger partial charge in [-0.05, 0) is 64.2 Å². The van der Waals surface area contributed by atoms with Crippen LogP contribution in [0, 0.1) is 0 Å². The number of unbranched alkanes of at least 4 members (excludes halogenated alkanes) is 25. The third-order valence-electron chi connectivity index (χ3n) is 11.1. The topological polar surface area (TPSA) is 152 Å². The minimum Gasteiger partial charge on any atom is -0.462 e. The van der Waals surface area contributed by atoms with Gasteiger partial charge in [-0.2, -0.15) is 0 Å². The summed E-state index contributed by atoms with van der Waals surface area (Å²) in [5.41, 5.74) is 0. The zero-order valence-electron chi connectivity index (χ0n) is 37.1. The Bertz CT molecular complexity index is 1000. The minimum absolute atomic E-state index is 0.220. The van der Waals surface area contributed by atoms with E-state index in [1.54, 1.807) is 0 Å². The van der Waals surface area contributed by atoms with Gasteiger partial charge in [0.2, 0.25) is 0 Å². The molecule has 1 saturated heterocycles. The lowest BCUT2D eigenvalue weighted by Crippen LogP contribution is -2.59. The lowest BCUT2D eigenvalue weighted by molar-refractivity contribution is -0.305. The number of carbonyl (C=O) groups excluding carboxylic acids is 2. The molecule has 0 radical (unpaired) electrons. The average Bonchev–Trinajstić information content (AvgIpc) is 3.22. The van der Waals surface area contributed by atoms with Crippen molar-refractivity contribution >= 4 is 11.9 Å². The summed E-state index contributed by atoms with van der Waals surface area (Å²) >= 11 is 0. The predicted molar refractivity (Wildman–Crippen MR) is 233 cm³/mol. The van der Waals surface area contributed by atoms with Crippen molar-refractivity contribution in [1.29, 1.82) is 0 Å². The van der Waals surface area contributed by atoms with E-state index < -0.39 is 49.4 Å². The molecule has 1 rings (SSSR count). The number of hydrogen-bond donors (Lipinski definition) is 4. The Morgan fingerprint density at radius 3 is 1.34 bits per heavy atom. The number of aliphatic hydroxyl groups is 4. The van der Waals surface area contributed by atoms with Crippen molar-refractivity contribution in [2.75, 3.05) is 19.8 Å². The molecule has 0 saturated carbocycles. The van der Waals surface area contributed by atoms with Crippen molar-refractivity contribution in [3.8, 4) is 0 Å². The summed E-state index contributed by atoms with van der Waals surface area (Å²) < 4.78 is 22.2. The van der Waals surface area contributed by atoms with E-state index in [1.165, 1.54) is 122 Å². The number of carbonyl (C=O) groups is 2. The van der Waals surface area contributed by atoms with Gasteiger partial charge < -0.3 is 39.4 Å². The van der Waals surface area contributed by atoms with Crippen molar-refractivity contribution in [1.82, 2.24) is 0 Å². The molecule has 58 heavy (non-hydrogen) atoms. The lowest BCUT2D eigenvalue weighted by atomic mass is 9.99. The highest BCUT2D eigenvalue weighted by Gasteiger charge is 2.44. The summed E-state index contributed by atoms with van der Waals surface area (Å²) in [6.45, 7) is 3.42. The van der Waals surface area contributed by atoms with Crippen LogP contribution in [0.3, 0.4) is 0 Å². The first-order chi connectivity index (χ1) is 28.3. The van der Waals surface area contributed by atoms with E-state index in [-0.39, 0.29) is 32.0 Å². The molecule has 4 N–H and O–H groups in total. The summed E-state index contributed by atoms with van der Waals surface area (Å²) in [5, 5.41) is 40.1. The standard InChI is InChI=1S/C48H88O10/c1-3-5-7-9-11-13-15-17-19-20-21-22-23-25-27-29-31-33-35-37-44(51)57-41(40-56-48-47(54)46(53)45(52)42(38-49)58-48)39-55-43(50)36-34-32-30-28-26-24-18-16-14-12-10-8-6-4-2/h16-19,41-42,45-49,52-54H,3-15,20-40H2,1-2H3/b18-16+,19-17+/t41-,42-,45+,46?,47?,48-/m1/s1. The van der Waals surface area contributed by atoms with Gasteiger partial charge in [0.05, 0.1) is 13.2 Å². The number of ether oxygens (including phenoxy) is 4. The fourth-order valence-corrected chi connectivity index (χ4v) is 7.24. The summed E-state index contributed by atoms with van der Waals surface area (Å²) in [6.07, 6.45) is 36.1. The van der Waals surface area contributed by atoms with Crippen molar-refractivity contribution in [2.24, 2.45) is 0 Å². The summed E-state index contributed by atoms with van der Waals surface area (Å²) in [6, 6.07) is 0. The number of esters is 2. The van der Waals surface area contributed by atoms with Crippen LogP contribution in [0.4, 0.5) is 0 Å². The number of aliphatic hydroxyl groups excluding tert-OH is 4. The van der Waals surface area contributed by atoms with Crippen LogP contribution < -0.4 is 0 Å². The highest BCUT2D eigenvalue weighted by Crippen LogP contribution is 2.23. The Morgan fingerprint density at radius 2 is 0.914 bits per heavy atom. The summed E-state index contributed by atoms with van der Waals surface area (Å²) in [7, 11) is 0. The zero-order valence-corrected chi connectivity index (χ0v) is 37.1. The smallest absolute Gasteiger partial charge is 0.306 e. The maximum Gasteiger partial charge on any atom is 0.306 e. The van der Waals surface area contributed by atoms with E-state index in [2.05, 4.69) is 38.2 Å². The molecule has 10 nitrogen and oxygen atoms in total. The van der Waals surface area contributed by atoms with Crippen molar-refractivity contribution < 1.29 is 49.0 Å². The van der Waals surface area contributed by atoms with E-state index in [4.69, 9.17) is 18.9 Å². The number of allylic oxidation sites excluding steroid dienone is 4. The molecule has 0 spiro atoms. The highest BCUT2D eigenvalue weighted by atomic mass is 16.7. The normalized spacial score (nSPS) is 20.3. The fraction of sp³-hybridized carbons (Fsp3) is 0.875. The first-order valence-corrected chi connectivity index (χ1v) is 23.9. The molecular weight excluding hydrogens is 737 g/mol. The van der Waals surface area contributed by atoms with Crippen LogP contribution in [0.2, 0.25) is 0 Å². The molecular formula is C48H88O10. The third kappa shape index (κ3) is 30.2. The van der Waals surface area contributed by atoms with Gasteiger partial charge in [0, 0.05) is 12.8 Å². The predicted octanol–water partition coefficient (Wildman–Crippen LogP) is 10.5. The van der Waals surface area contributed by atoms with Gasteiger partial charge in [-0.1, -0.05) is 160 Å². The molecule has 0 aliphatic carbocycles. The van der Waals surface area contributed by atoms with Crippen LogP contribution >= 0.6 is 0 Å². The van der Waals surface area contributed by atoms with Gasteiger partial charge in [-0.15, -0.1) is 0 Å². The van der Waals surface area contributed by atoms with Crippen LogP contribution in [-0.4, -0.2) is 89.0 Å². The molecule has 1 fully saturated rings. The Kier molecular flexibility index (Phi) is 36.7. The first-order valence-electron chi connectivity index (χ1n) is 23.9. The summed E-state index contributed by atoms with van der Waals surface area (Å²) in [4.78, 5) is 25.4. The van der Waals surface area contributed by atoms with E-state index in [0.717, 1.165) is 57.8 Å². The molecule has 2 unspecified atom stereocenters. The second-order valence-corrected chi connectivity index (χ2v) is 16.6. The third-order valence-corrected chi connectivity index (χ3v) is 11.1. The molecule has 1 aliphatic heterocycles. The largest absolute Gasteiger partial charge is 0.462 e. The van der Waals surface area contributed by atoms with E-state index >= 15 is 0 Å². The average molecular weight is 825 g/mol. The van der Waals surface area contributed by atoms with E-state index in [1.807, 2.05) is 0 Å². The van der Waals surface area contributed by atoms with Crippen molar-refractivity contribution in [3.63, 3.8) is 0 Å². The Hall–Kier alpha value is -1.82. The monoisotopic (exact) mass is 825 g/mol. The fourth-order valence-electron chi connectivity index (χ4n) is 7.24. The van der Waals surface area contributed by atoms with Crippen molar-refractivity contribution in [2.45, 2.75) is 250 Å². The van der Waals surface area contributed by atoms with Crippen molar-refractivity contribution in [3.05, 3.63) is 24.3 Å². The molecule has 0 bridgehead atoms. The van der Waals surface area contributed by atoms with E-state index in [0.29, 0.717) is 6.42 Å². The SMILES string of the molecule is CCCCCCC/C=C/CCCCCCCC(=O)OC[C@H](CO[C@@H]1O[C@H](CO)[C@H](O)C(O)C1O)OC(=O)CCCCCCCCCCC/C=C/CCCCCCCC. The lowest BCUT2D eigenvalue weighted by Gasteiger charge is -2.39. The molecule has 0 aromatic carbocycles. The zero-order chi connectivity index (χ0) is 42.3. The van der Waals surface area contributed by atoms with Crippen LogP contribution in [0.5, 0.6) is 0 Å². The van der Waals surface area contributed by atoms with Crippen LogP contribution in [0.25, 0.3) is 0 Å². The quantitative estimate of drug-likeness (QED) is 0.0267. The van der Waals surface area contributed by atoms with Gasteiger partial charge in [-0.25, -0.2) is 0 Å². The minimum atomic E-state index is -1.59. The molecule has 6 atom stereocenters. The number of hydrogen-bond acceptors (Lipinski definition) is 10. The second kappa shape index (κ2) is 39.3. The molecule has 0 aromatic heterocycles. The van der Waals surface area contributed by atoms with Gasteiger partial charge in [0.15, 0.2) is 12.4 Å². The molecule has 10 heteroatoms. The molecule has 1 heterocycles. The van der Waals surface area contributed by atoms with Gasteiger partial charge in [-0.3, -0.25) is 9.59 Å². The molecule has 0 aromatic rings. The molecule has 340 valence electrons. The van der Waals surface area contributed by atoms with Gasteiger partial charge in [0.25, 0.3) is 0 Å². The Labute approximate surface area is 353 Å². The number of rotatable bonds is 40. The van der Waals surface area contributed by atoms with E-state index in [9.17, 15) is 30.0 Å². The Morgan fingerprint density at radius 1 is 0.517 bits per heavy atom. The summed E-state index contributed by atoms with van der Waals surface area (Å²) in [5.74, 6) is -0.812. The molecule has 0 amide bonds. The van der Waals surface area contributed by atoms with Crippen LogP contribution in [0.15, 0.2) is 24.3 Å². The highest BCUT2D eigenvalue weighted by molar-refractivity contribution is 5.70. The second-order valence-electron chi connectivity index (χ2n) is 16.6. The maximum atomic E-state index is 12.8. The van der Waals surface area contributed by atoms with Gasteiger partial charge >= 0.3 is 11.9 Å². The van der Waals surface area contributed by atoms with Crippen LogP contribution in [0.1, 0.15) is 213 Å². The molecule has 1 aliphatic rings. The van der Waals surface area contributed by atoms with Gasteiger partial charge in [0.1, 0.15) is 31.0 Å².